The quantitative estimate of drug-likeness (QED) is 0.208. The maximum absolute atomic E-state index is 13.9. The molecule has 6 heteroatoms. The van der Waals surface area contributed by atoms with Crippen LogP contribution in [0.3, 0.4) is 0 Å². The summed E-state index contributed by atoms with van der Waals surface area (Å²) in [5.41, 5.74) is 9.54. The van der Waals surface area contributed by atoms with Crippen molar-refractivity contribution in [2.75, 3.05) is 13.1 Å². The highest BCUT2D eigenvalue weighted by atomic mass is 16.5. The molecule has 0 saturated heterocycles. The van der Waals surface area contributed by atoms with Crippen LogP contribution in [0.25, 0.3) is 0 Å². The average Bonchev–Trinajstić information content (AvgIpc) is 3.86. The Hall–Kier alpha value is -2.83. The number of ether oxygens (including phenoxy) is 1. The summed E-state index contributed by atoms with van der Waals surface area (Å²) in [7, 11) is 0. The van der Waals surface area contributed by atoms with Crippen molar-refractivity contribution in [3.05, 3.63) is 65.5 Å². The minimum absolute atomic E-state index is 0.0725. The Morgan fingerprint density at radius 2 is 1.77 bits per heavy atom. The Morgan fingerprint density at radius 3 is 2.48 bits per heavy atom. The number of nitrogens with one attached hydrogen (secondary N) is 1. The van der Waals surface area contributed by atoms with E-state index in [0.29, 0.717) is 18.2 Å². The third kappa shape index (κ3) is 9.04. The number of nitrogens with two attached hydrogens (primary N) is 1. The molecule has 6 rings (SSSR count). The number of ketones is 2. The van der Waals surface area contributed by atoms with Gasteiger partial charge in [-0.1, -0.05) is 82.6 Å². The number of dihydropyridines is 1. The third-order valence-electron chi connectivity index (χ3n) is 11.9. The van der Waals surface area contributed by atoms with Gasteiger partial charge in [0.1, 0.15) is 11.5 Å². The summed E-state index contributed by atoms with van der Waals surface area (Å²) in [5.74, 6) is 3.58. The summed E-state index contributed by atoms with van der Waals surface area (Å²) in [6, 6.07) is 10.0. The average molecular weight is 654 g/mol. The number of Topliss-reactive ketones (excluding diaryl/α,β-unsaturated/α-hetero) is 1. The molecule has 1 aromatic carbocycles. The van der Waals surface area contributed by atoms with E-state index in [4.69, 9.17) is 15.5 Å². The van der Waals surface area contributed by atoms with Crippen LogP contribution in [0.1, 0.15) is 122 Å². The summed E-state index contributed by atoms with van der Waals surface area (Å²) in [6.07, 6.45) is 25.9. The number of hydrogen-bond donors (Lipinski definition) is 2. The molecule has 4 unspecified atom stereocenters. The molecular weight excluding hydrogens is 594 g/mol. The summed E-state index contributed by atoms with van der Waals surface area (Å²) in [6.45, 7) is 3.09. The van der Waals surface area contributed by atoms with Crippen molar-refractivity contribution in [3.63, 3.8) is 0 Å². The topological polar surface area (TPSA) is 93.8 Å². The normalized spacial score (nSPS) is 28.3. The van der Waals surface area contributed by atoms with Crippen molar-refractivity contribution < 1.29 is 14.3 Å². The van der Waals surface area contributed by atoms with Gasteiger partial charge in [-0.2, -0.15) is 0 Å². The summed E-state index contributed by atoms with van der Waals surface area (Å²) < 4.78 is 6.20. The van der Waals surface area contributed by atoms with Crippen LogP contribution in [-0.4, -0.2) is 41.9 Å². The Kier molecular flexibility index (Phi) is 12.2. The van der Waals surface area contributed by atoms with Gasteiger partial charge in [0.2, 0.25) is 0 Å². The van der Waals surface area contributed by atoms with Gasteiger partial charge in [-0.05, 0) is 106 Å². The minimum Gasteiger partial charge on any atom is -0.462 e. The Bertz CT molecular complexity index is 1380. The number of allylic oxidation sites excluding steroid dienone is 4. The molecule has 4 atom stereocenters. The highest BCUT2D eigenvalue weighted by Gasteiger charge is 2.48. The van der Waals surface area contributed by atoms with E-state index in [2.05, 4.69) is 17.5 Å². The van der Waals surface area contributed by atoms with Crippen molar-refractivity contribution in [2.45, 2.75) is 134 Å². The molecule has 0 bridgehead atoms. The second-order valence-corrected chi connectivity index (χ2v) is 15.4. The lowest BCUT2D eigenvalue weighted by Crippen LogP contribution is -2.42. The van der Waals surface area contributed by atoms with Crippen LogP contribution in [0, 0.1) is 23.7 Å². The van der Waals surface area contributed by atoms with Crippen molar-refractivity contribution in [1.29, 1.82) is 0 Å². The second-order valence-electron chi connectivity index (χ2n) is 15.4. The first-order valence-electron chi connectivity index (χ1n) is 19.4. The molecule has 0 radical (unpaired) electrons. The van der Waals surface area contributed by atoms with E-state index in [1.807, 2.05) is 43.3 Å². The molecule has 3 fully saturated rings. The fourth-order valence-corrected chi connectivity index (χ4v) is 8.78. The molecule has 1 aliphatic heterocycles. The number of aliphatic imine (C=N–C) groups is 1. The molecule has 3 N–H and O–H groups in total. The number of carbonyl (C=O) groups is 2. The van der Waals surface area contributed by atoms with Crippen LogP contribution < -0.4 is 15.8 Å². The Labute approximate surface area is 289 Å². The number of nitrogens with zero attached hydrogens (tertiary/aromatic N) is 1. The summed E-state index contributed by atoms with van der Waals surface area (Å²) >= 11 is 0. The number of rotatable bonds is 13. The van der Waals surface area contributed by atoms with Gasteiger partial charge in [0.15, 0.2) is 11.6 Å². The van der Waals surface area contributed by atoms with Crippen molar-refractivity contribution in [3.8, 4) is 5.75 Å². The van der Waals surface area contributed by atoms with Crippen LogP contribution in [0.15, 0.2) is 70.5 Å². The predicted octanol–water partition coefficient (Wildman–Crippen LogP) is 8.61. The lowest BCUT2D eigenvalue weighted by Gasteiger charge is -2.38. The van der Waals surface area contributed by atoms with E-state index < -0.39 is 5.54 Å². The molecule has 48 heavy (non-hydrogen) atoms. The first-order chi connectivity index (χ1) is 23.4. The monoisotopic (exact) mass is 653 g/mol. The van der Waals surface area contributed by atoms with E-state index in [0.717, 1.165) is 111 Å². The summed E-state index contributed by atoms with van der Waals surface area (Å²) in [4.78, 5) is 33.0. The zero-order chi connectivity index (χ0) is 33.3. The van der Waals surface area contributed by atoms with Gasteiger partial charge < -0.3 is 15.8 Å². The van der Waals surface area contributed by atoms with Crippen LogP contribution in [0.5, 0.6) is 5.75 Å². The van der Waals surface area contributed by atoms with E-state index in [1.165, 1.54) is 44.9 Å². The molecule has 260 valence electrons. The zero-order valence-corrected chi connectivity index (χ0v) is 29.4. The Balaban J connectivity index is 1.19. The number of hydrogen-bond acceptors (Lipinski definition) is 6. The predicted molar refractivity (Wildman–Crippen MR) is 195 cm³/mol. The lowest BCUT2D eigenvalue weighted by atomic mass is 9.71. The maximum atomic E-state index is 13.9. The third-order valence-corrected chi connectivity index (χ3v) is 11.9. The van der Waals surface area contributed by atoms with Crippen LogP contribution >= 0.6 is 0 Å². The first-order valence-corrected chi connectivity index (χ1v) is 19.4. The maximum Gasteiger partial charge on any atom is 0.178 e. The standard InChI is InChI=1S/C42H59N3O3/c1-2-44-29-39(47)40-36(42(43)25-26-42)28-37(45-41(40)31-21-23-35(24-22-31)48-34-18-9-6-10-19-34)32-16-12-17-33(27-32)38(46)20-11-15-30-13-7-4-3-5-8-14-30/h6,9-11,18-20,23,30-33,37,44H,2-5,7-8,12-17,21-22,24-29,43H2,1H3/b20-11+. The Morgan fingerprint density at radius 1 is 1.00 bits per heavy atom. The molecule has 6 nitrogen and oxygen atoms in total. The van der Waals surface area contributed by atoms with E-state index in [9.17, 15) is 9.59 Å². The van der Waals surface area contributed by atoms with Crippen molar-refractivity contribution in [1.82, 2.24) is 5.32 Å². The molecule has 3 saturated carbocycles. The fourth-order valence-electron chi connectivity index (χ4n) is 8.78. The zero-order valence-electron chi connectivity index (χ0n) is 29.4. The minimum atomic E-state index is -0.396. The molecule has 5 aliphatic rings. The molecule has 1 heterocycles. The van der Waals surface area contributed by atoms with Gasteiger partial charge in [0, 0.05) is 35.1 Å². The fraction of sp³-hybridized carbons (Fsp3) is 0.643. The number of carbonyl (C=O) groups excluding carboxylic acids is 2. The number of likely N-dealkylation sites (N-methyl/N-ethyl adjacent to an activating group) is 1. The highest BCUT2D eigenvalue weighted by molar-refractivity contribution is 6.25. The SMILES string of the molecule is CCNCC(=O)C1=C(C2(N)CC2)CC(C2CCCC(C(=O)/C=C/CC3CCCCCCC3)C2)N=C1C1CC=C(Oc2ccccc2)CC1. The molecule has 0 aromatic heterocycles. The lowest BCUT2D eigenvalue weighted by molar-refractivity contribution is -0.119. The van der Waals surface area contributed by atoms with Gasteiger partial charge >= 0.3 is 0 Å². The molecule has 1 aromatic rings. The highest BCUT2D eigenvalue weighted by Crippen LogP contribution is 2.48. The smallest absolute Gasteiger partial charge is 0.178 e. The van der Waals surface area contributed by atoms with E-state index in [-0.39, 0.29) is 23.7 Å². The van der Waals surface area contributed by atoms with E-state index in [1.54, 1.807) is 0 Å². The summed E-state index contributed by atoms with van der Waals surface area (Å²) in [5, 5.41) is 3.28. The molecular formula is C42H59N3O3. The van der Waals surface area contributed by atoms with Crippen LogP contribution in [0.4, 0.5) is 0 Å². The second kappa shape index (κ2) is 16.7. The van der Waals surface area contributed by atoms with Gasteiger partial charge in [0.25, 0.3) is 0 Å². The number of benzene rings is 1. The van der Waals surface area contributed by atoms with Crippen molar-refractivity contribution >= 4 is 17.3 Å². The van der Waals surface area contributed by atoms with Gasteiger partial charge in [-0.15, -0.1) is 0 Å². The van der Waals surface area contributed by atoms with Crippen molar-refractivity contribution in [2.24, 2.45) is 34.4 Å². The first kappa shape index (κ1) is 35.0. The molecule has 0 amide bonds. The number of para-hydroxylation sites is 1. The van der Waals surface area contributed by atoms with Gasteiger partial charge in [-0.3, -0.25) is 14.6 Å². The van der Waals surface area contributed by atoms with Crippen LogP contribution in [-0.2, 0) is 9.59 Å². The largest absolute Gasteiger partial charge is 0.462 e. The van der Waals surface area contributed by atoms with Gasteiger partial charge in [0.05, 0.1) is 12.6 Å². The van der Waals surface area contributed by atoms with Gasteiger partial charge in [-0.25, -0.2) is 0 Å². The molecule has 0 spiro atoms. The molecule has 4 aliphatic carbocycles. The van der Waals surface area contributed by atoms with Crippen LogP contribution in [0.2, 0.25) is 0 Å². The van der Waals surface area contributed by atoms with E-state index >= 15 is 0 Å².